The molecule has 10 nitrogen and oxygen atoms in total. The van der Waals surface area contributed by atoms with Crippen molar-refractivity contribution in [1.82, 2.24) is 10.2 Å². The van der Waals surface area contributed by atoms with Crippen molar-refractivity contribution in [1.29, 1.82) is 0 Å². The molecule has 2 aliphatic heterocycles. The maximum Gasteiger partial charge on any atom is 0.349 e. The SMILES string of the molecule is CC1(C)S[C@@H]2C(NC(=O)C(c3ccccc3)S(=O)(=O)O)C(=O)N2C1P(=O)(O)O. The standard InChI is InChI=1S/C15H19N2O8PS2/c1-15(2)14(26(20,21)22)17-12(19)9(13(17)27-15)16-11(18)10(28(23,24)25)8-6-4-3-5-7-8/h3-7,9-10,13-14H,1-2H3,(H,16,18)(H2,20,21,22)(H,23,24,25)/t9?,10?,13-,14?/m1/s1. The summed E-state index contributed by atoms with van der Waals surface area (Å²) in [5.41, 5.74) is 0.0265. The number of thioether (sulfide) groups is 1. The Morgan fingerprint density at radius 1 is 1.29 bits per heavy atom. The molecule has 1 aromatic carbocycles. The van der Waals surface area contributed by atoms with Crippen LogP contribution in [-0.2, 0) is 24.3 Å². The van der Waals surface area contributed by atoms with Crippen molar-refractivity contribution in [3.8, 4) is 0 Å². The predicted molar refractivity (Wildman–Crippen MR) is 101 cm³/mol. The Kier molecular flexibility index (Phi) is 5.19. The van der Waals surface area contributed by atoms with E-state index in [4.69, 9.17) is 0 Å². The van der Waals surface area contributed by atoms with Crippen LogP contribution < -0.4 is 5.32 Å². The van der Waals surface area contributed by atoms with Gasteiger partial charge in [0.05, 0.1) is 0 Å². The number of rotatable bonds is 5. The summed E-state index contributed by atoms with van der Waals surface area (Å²) in [5.74, 6) is -3.15. The van der Waals surface area contributed by atoms with Crippen molar-refractivity contribution in [2.75, 3.05) is 0 Å². The Labute approximate surface area is 165 Å². The van der Waals surface area contributed by atoms with E-state index in [0.29, 0.717) is 0 Å². The third kappa shape index (κ3) is 3.60. The summed E-state index contributed by atoms with van der Waals surface area (Å²) in [6.07, 6.45) is 0. The fraction of sp³-hybridized carbons (Fsp3) is 0.467. The van der Waals surface area contributed by atoms with Crippen molar-refractivity contribution in [3.63, 3.8) is 0 Å². The number of nitrogens with zero attached hydrogens (tertiary/aromatic N) is 1. The van der Waals surface area contributed by atoms with Gasteiger partial charge in [-0.25, -0.2) is 0 Å². The van der Waals surface area contributed by atoms with Gasteiger partial charge in [0, 0.05) is 4.75 Å². The number of nitrogens with one attached hydrogen (secondary N) is 1. The molecule has 3 unspecified atom stereocenters. The van der Waals surface area contributed by atoms with Crippen LogP contribution in [0.5, 0.6) is 0 Å². The van der Waals surface area contributed by atoms with Crippen LogP contribution in [0.3, 0.4) is 0 Å². The molecule has 2 heterocycles. The summed E-state index contributed by atoms with van der Waals surface area (Å²) in [6, 6.07) is 6.15. The highest BCUT2D eigenvalue weighted by Gasteiger charge is 2.66. The van der Waals surface area contributed by atoms with Crippen molar-refractivity contribution in [3.05, 3.63) is 35.9 Å². The Bertz CT molecular complexity index is 962. The summed E-state index contributed by atoms with van der Waals surface area (Å²) in [6.45, 7) is 3.16. The highest BCUT2D eigenvalue weighted by atomic mass is 32.2. The van der Waals surface area contributed by atoms with Gasteiger partial charge >= 0.3 is 7.60 Å². The second-order valence-corrected chi connectivity index (χ2v) is 12.1. The van der Waals surface area contributed by atoms with Gasteiger partial charge in [-0.2, -0.15) is 8.42 Å². The fourth-order valence-electron chi connectivity index (χ4n) is 3.59. The zero-order valence-electron chi connectivity index (χ0n) is 14.8. The van der Waals surface area contributed by atoms with E-state index in [1.807, 2.05) is 0 Å². The molecule has 0 radical (unpaired) electrons. The molecule has 0 saturated carbocycles. The van der Waals surface area contributed by atoms with Gasteiger partial charge in [0.2, 0.25) is 11.8 Å². The van der Waals surface area contributed by atoms with Crippen LogP contribution >= 0.6 is 19.4 Å². The first-order chi connectivity index (χ1) is 12.7. The molecule has 13 heteroatoms. The summed E-state index contributed by atoms with van der Waals surface area (Å²) in [4.78, 5) is 45.3. The summed E-state index contributed by atoms with van der Waals surface area (Å²) < 4.78 is 43.8. The number of hydrogen-bond acceptors (Lipinski definition) is 6. The van der Waals surface area contributed by atoms with Gasteiger partial charge in [0.25, 0.3) is 10.1 Å². The first-order valence-electron chi connectivity index (χ1n) is 8.12. The van der Waals surface area contributed by atoms with E-state index in [1.165, 1.54) is 24.3 Å². The third-order valence-corrected chi connectivity index (χ3v) is 9.00. The average Bonchev–Trinajstić information content (AvgIpc) is 2.81. The van der Waals surface area contributed by atoms with Crippen LogP contribution in [0.25, 0.3) is 0 Å². The van der Waals surface area contributed by atoms with Crippen LogP contribution in [0.4, 0.5) is 0 Å². The summed E-state index contributed by atoms with van der Waals surface area (Å²) in [5, 5.41) is -0.362. The molecule has 3 rings (SSSR count). The molecule has 0 bridgehead atoms. The fourth-order valence-corrected chi connectivity index (χ4v) is 8.03. The van der Waals surface area contributed by atoms with Crippen molar-refractivity contribution in [2.45, 2.75) is 41.0 Å². The number of benzene rings is 1. The molecule has 2 aliphatic rings. The van der Waals surface area contributed by atoms with E-state index >= 15 is 0 Å². The second-order valence-electron chi connectivity index (χ2n) is 7.11. The van der Waals surface area contributed by atoms with E-state index < -0.39 is 56.7 Å². The van der Waals surface area contributed by atoms with E-state index in [9.17, 15) is 36.9 Å². The molecule has 1 aromatic rings. The summed E-state index contributed by atoms with van der Waals surface area (Å²) in [7, 11) is -9.44. The van der Waals surface area contributed by atoms with Crippen LogP contribution in [0, 0.1) is 0 Å². The molecule has 4 N–H and O–H groups in total. The number of hydrogen-bond donors (Lipinski definition) is 4. The van der Waals surface area contributed by atoms with E-state index in [1.54, 1.807) is 19.9 Å². The van der Waals surface area contributed by atoms with Crippen LogP contribution in [0.2, 0.25) is 0 Å². The van der Waals surface area contributed by atoms with Crippen LogP contribution in [0.15, 0.2) is 30.3 Å². The number of carbonyl (C=O) groups excluding carboxylic acids is 2. The molecule has 0 spiro atoms. The third-order valence-electron chi connectivity index (χ3n) is 4.64. The Morgan fingerprint density at radius 2 is 1.86 bits per heavy atom. The maximum absolute atomic E-state index is 12.6. The number of carbonyl (C=O) groups is 2. The minimum absolute atomic E-state index is 0.0265. The lowest BCUT2D eigenvalue weighted by molar-refractivity contribution is -0.149. The van der Waals surface area contributed by atoms with Crippen LogP contribution in [0.1, 0.15) is 24.7 Å². The Balaban J connectivity index is 1.84. The largest absolute Gasteiger partial charge is 0.349 e. The molecule has 2 amide bonds. The average molecular weight is 450 g/mol. The lowest BCUT2D eigenvalue weighted by atomic mass is 10.0. The van der Waals surface area contributed by atoms with E-state index in [0.717, 1.165) is 16.7 Å². The molecule has 4 atom stereocenters. The van der Waals surface area contributed by atoms with Crippen molar-refractivity contribution < 1.29 is 36.9 Å². The minimum Gasteiger partial charge on any atom is -0.340 e. The quantitative estimate of drug-likeness (QED) is 0.281. The molecule has 154 valence electrons. The summed E-state index contributed by atoms with van der Waals surface area (Å²) >= 11 is 1.11. The monoisotopic (exact) mass is 450 g/mol. The number of fused-ring (bicyclic) bond motifs is 1. The van der Waals surface area contributed by atoms with Gasteiger partial charge in [-0.15, -0.1) is 11.8 Å². The molecule has 2 fully saturated rings. The smallest absolute Gasteiger partial charge is 0.340 e. The molecule has 2 saturated heterocycles. The minimum atomic E-state index is -4.81. The highest BCUT2D eigenvalue weighted by Crippen LogP contribution is 2.62. The van der Waals surface area contributed by atoms with Gasteiger partial charge < -0.3 is 20.0 Å². The van der Waals surface area contributed by atoms with Gasteiger partial charge in [0.15, 0.2) is 5.25 Å². The zero-order chi connectivity index (χ0) is 21.1. The first kappa shape index (κ1) is 21.3. The van der Waals surface area contributed by atoms with Crippen molar-refractivity contribution in [2.24, 2.45) is 0 Å². The lowest BCUT2D eigenvalue weighted by Crippen LogP contribution is -2.69. The lowest BCUT2D eigenvalue weighted by Gasteiger charge is -2.44. The van der Waals surface area contributed by atoms with E-state index in [-0.39, 0.29) is 5.56 Å². The predicted octanol–water partition coefficient (Wildman–Crippen LogP) is 0.298. The second kappa shape index (κ2) is 6.82. The van der Waals surface area contributed by atoms with Crippen molar-refractivity contribution >= 4 is 41.3 Å². The topological polar surface area (TPSA) is 161 Å². The first-order valence-corrected chi connectivity index (χ1v) is 12.2. The van der Waals surface area contributed by atoms with Gasteiger partial charge in [-0.1, -0.05) is 30.3 Å². The van der Waals surface area contributed by atoms with Crippen LogP contribution in [-0.4, -0.2) is 61.4 Å². The Morgan fingerprint density at radius 3 is 2.36 bits per heavy atom. The maximum atomic E-state index is 12.6. The zero-order valence-corrected chi connectivity index (χ0v) is 17.3. The van der Waals surface area contributed by atoms with Gasteiger partial charge in [-0.05, 0) is 19.4 Å². The Hall–Kier alpha value is -1.43. The van der Waals surface area contributed by atoms with E-state index in [2.05, 4.69) is 5.32 Å². The number of β-lactam (4-membered cyclic amide) rings is 1. The normalized spacial score (nSPS) is 27.7. The molecular weight excluding hydrogens is 431 g/mol. The molecule has 0 aliphatic carbocycles. The van der Waals surface area contributed by atoms with Gasteiger partial charge in [-0.3, -0.25) is 18.7 Å². The molecular formula is C15H19N2O8PS2. The number of amides is 2. The molecule has 0 aromatic heterocycles. The van der Waals surface area contributed by atoms with Gasteiger partial charge in [0.1, 0.15) is 17.2 Å². The highest BCUT2D eigenvalue weighted by molar-refractivity contribution is 8.02. The molecule has 28 heavy (non-hydrogen) atoms.